The van der Waals surface area contributed by atoms with Gasteiger partial charge in [-0.2, -0.15) is 0 Å². The first-order chi connectivity index (χ1) is 43.6. The van der Waals surface area contributed by atoms with Crippen LogP contribution < -0.4 is 0 Å². The minimum atomic E-state index is -0.778. The Bertz CT molecular complexity index is 1720. The van der Waals surface area contributed by atoms with Crippen molar-refractivity contribution in [2.45, 2.75) is 380 Å². The predicted molar refractivity (Wildman–Crippen MR) is 389 cm³/mol. The normalized spacial score (nSPS) is 12.9. The Kier molecular flexibility index (Phi) is 74.3. The zero-order valence-corrected chi connectivity index (χ0v) is 58.2. The molecule has 0 rings (SSSR count). The van der Waals surface area contributed by atoms with E-state index in [-0.39, 0.29) is 25.2 Å². The summed E-state index contributed by atoms with van der Waals surface area (Å²) >= 11 is 0. The summed E-state index contributed by atoms with van der Waals surface area (Å²) in [4.78, 5) is 24.7. The minimum absolute atomic E-state index is 0.0662. The number of ether oxygens (including phenoxy) is 2. The molecule has 5 heteroatoms. The van der Waals surface area contributed by atoms with Crippen molar-refractivity contribution in [3.05, 3.63) is 122 Å². The molecule has 0 radical (unpaired) electrons. The van der Waals surface area contributed by atoms with Crippen LogP contribution in [-0.4, -0.2) is 36.4 Å². The van der Waals surface area contributed by atoms with Crippen LogP contribution in [0.3, 0.4) is 0 Å². The van der Waals surface area contributed by atoms with Gasteiger partial charge in [-0.3, -0.25) is 9.59 Å². The largest absolute Gasteiger partial charge is 0.462 e. The van der Waals surface area contributed by atoms with Gasteiger partial charge in [0.25, 0.3) is 0 Å². The number of hydrogen-bond acceptors (Lipinski definition) is 5. The van der Waals surface area contributed by atoms with Crippen LogP contribution in [0.2, 0.25) is 0 Å². The third-order valence-electron chi connectivity index (χ3n) is 16.7. The highest BCUT2D eigenvalue weighted by atomic mass is 16.6. The van der Waals surface area contributed by atoms with Crippen LogP contribution in [0.4, 0.5) is 0 Å². The minimum Gasteiger partial charge on any atom is -0.462 e. The van der Waals surface area contributed by atoms with E-state index in [9.17, 15) is 14.7 Å². The third kappa shape index (κ3) is 74.8. The molecule has 0 aromatic rings. The van der Waals surface area contributed by atoms with Crippen molar-refractivity contribution in [3.63, 3.8) is 0 Å². The number of esters is 2. The molecule has 88 heavy (non-hydrogen) atoms. The average molecular weight is 1220 g/mol. The summed E-state index contributed by atoms with van der Waals surface area (Å²) in [6.45, 7) is 4.05. The lowest BCUT2D eigenvalue weighted by Gasteiger charge is -2.15. The number of unbranched alkanes of at least 4 members (excludes halogenated alkanes) is 42. The van der Waals surface area contributed by atoms with Crippen molar-refractivity contribution in [2.24, 2.45) is 0 Å². The number of aliphatic hydroxyl groups is 1. The number of allylic oxidation sites excluding steroid dienone is 20. The van der Waals surface area contributed by atoms with E-state index in [1.807, 2.05) is 0 Å². The Hall–Kier alpha value is -3.70. The van der Waals surface area contributed by atoms with Crippen LogP contribution in [-0.2, 0) is 19.1 Å². The molecule has 1 atom stereocenters. The van der Waals surface area contributed by atoms with E-state index < -0.39 is 6.10 Å². The predicted octanol–water partition coefficient (Wildman–Crippen LogP) is 26.9. The number of carbonyl (C=O) groups excluding carboxylic acids is 2. The van der Waals surface area contributed by atoms with Crippen molar-refractivity contribution in [3.8, 4) is 0 Å². The van der Waals surface area contributed by atoms with Gasteiger partial charge in [0.2, 0.25) is 0 Å². The molecular formula is C83H144O5. The van der Waals surface area contributed by atoms with Crippen LogP contribution in [0.1, 0.15) is 373 Å². The Morgan fingerprint density at radius 2 is 0.489 bits per heavy atom. The third-order valence-corrected chi connectivity index (χ3v) is 16.7. The van der Waals surface area contributed by atoms with Crippen molar-refractivity contribution in [1.29, 1.82) is 0 Å². The second-order valence-electron chi connectivity index (χ2n) is 25.3. The van der Waals surface area contributed by atoms with Crippen LogP contribution in [0.15, 0.2) is 122 Å². The van der Waals surface area contributed by atoms with Crippen molar-refractivity contribution in [1.82, 2.24) is 0 Å². The van der Waals surface area contributed by atoms with Crippen molar-refractivity contribution >= 4 is 11.9 Å². The lowest BCUT2D eigenvalue weighted by molar-refractivity contribution is -0.161. The van der Waals surface area contributed by atoms with E-state index in [1.165, 1.54) is 250 Å². The van der Waals surface area contributed by atoms with Crippen LogP contribution in [0.5, 0.6) is 0 Å². The van der Waals surface area contributed by atoms with Gasteiger partial charge in [0.15, 0.2) is 6.10 Å². The molecule has 0 saturated carbocycles. The highest BCUT2D eigenvalue weighted by Crippen LogP contribution is 2.18. The molecule has 506 valence electrons. The molecule has 0 spiro atoms. The lowest BCUT2D eigenvalue weighted by atomic mass is 10.0. The summed E-state index contributed by atoms with van der Waals surface area (Å²) in [6, 6.07) is 0. The van der Waals surface area contributed by atoms with E-state index in [0.29, 0.717) is 12.8 Å². The number of carbonyl (C=O) groups is 2. The van der Waals surface area contributed by atoms with Gasteiger partial charge in [-0.05, 0) is 109 Å². The fourth-order valence-corrected chi connectivity index (χ4v) is 11.1. The summed E-state index contributed by atoms with van der Waals surface area (Å²) in [5.41, 5.74) is 0. The molecular weight excluding hydrogens is 1080 g/mol. The molecule has 0 aromatic carbocycles. The van der Waals surface area contributed by atoms with Gasteiger partial charge >= 0.3 is 11.9 Å². The first kappa shape index (κ1) is 84.3. The van der Waals surface area contributed by atoms with Crippen LogP contribution in [0.25, 0.3) is 0 Å². The van der Waals surface area contributed by atoms with E-state index in [0.717, 1.165) is 96.3 Å². The van der Waals surface area contributed by atoms with Gasteiger partial charge in [-0.1, -0.05) is 373 Å². The number of hydrogen-bond donors (Lipinski definition) is 1. The monoisotopic (exact) mass is 1220 g/mol. The fraction of sp³-hybridized carbons (Fsp3) is 0.735. The summed E-state index contributed by atoms with van der Waals surface area (Å²) in [6.07, 6.45) is 114. The molecule has 0 amide bonds. The van der Waals surface area contributed by atoms with Gasteiger partial charge in [0, 0.05) is 12.8 Å². The number of aliphatic hydroxyl groups excluding tert-OH is 1. The highest BCUT2D eigenvalue weighted by Gasteiger charge is 2.16. The molecule has 5 nitrogen and oxygen atoms in total. The van der Waals surface area contributed by atoms with Gasteiger partial charge < -0.3 is 14.6 Å². The molecule has 0 aliphatic carbocycles. The standard InChI is InChI=1S/C83H144O5/c1-3-5-7-9-11-13-15-17-19-21-23-25-27-29-31-33-35-37-39-40-41-42-44-46-48-50-52-54-56-58-60-62-64-66-68-70-72-74-76-78-83(86)88-81(79-84)80-87-82(85)77-75-73-71-69-67-65-63-61-59-57-55-53-51-49-47-45-43-38-36-34-32-30-28-26-24-22-20-18-16-14-12-10-8-6-4-2/h5,7,11,13,16-19,22-25,29,31,35,37,40-41,44,46,81,84H,3-4,6,8-10,12,14-15,20-21,26-28,30,32-34,36,38-39,42-43,45,47-80H2,1-2H3/b7-5-,13-11-,18-16-,19-17-,24-22-,25-23-,31-29-,37-35-,41-40-,46-44-. The van der Waals surface area contributed by atoms with Crippen molar-refractivity contribution < 1.29 is 24.2 Å². The molecule has 0 aliphatic rings. The molecule has 0 fully saturated rings. The number of rotatable bonds is 70. The molecule has 1 unspecified atom stereocenters. The maximum absolute atomic E-state index is 12.4. The molecule has 1 N–H and O–H groups in total. The topological polar surface area (TPSA) is 72.8 Å². The quantitative estimate of drug-likeness (QED) is 0.0373. The Balaban J connectivity index is 3.45. The second-order valence-corrected chi connectivity index (χ2v) is 25.3. The molecule has 0 heterocycles. The summed E-state index contributed by atoms with van der Waals surface area (Å²) < 4.78 is 10.8. The SMILES string of the molecule is CC/C=C\C/C=C\C/C=C\C/C=C\C/C=C\C/C=C\C/C=C\C/C=C\CCCCCCCCCCCCCCCCC(=O)OC(CO)COC(=O)CCCCCCCCCCCCCCCCCCCCCCCCC/C=C\C/C=C\CCCCCCC. The average Bonchev–Trinajstić information content (AvgIpc) is 3.54. The summed E-state index contributed by atoms with van der Waals surface area (Å²) in [5.74, 6) is -0.578. The van der Waals surface area contributed by atoms with Crippen LogP contribution >= 0.6 is 0 Å². The Morgan fingerprint density at radius 1 is 0.273 bits per heavy atom. The van der Waals surface area contributed by atoms with Gasteiger partial charge in [-0.25, -0.2) is 0 Å². The molecule has 0 saturated heterocycles. The molecule has 0 bridgehead atoms. The second kappa shape index (κ2) is 77.5. The lowest BCUT2D eigenvalue weighted by Crippen LogP contribution is -2.28. The Labute approximate surface area is 547 Å². The zero-order chi connectivity index (χ0) is 63.3. The highest BCUT2D eigenvalue weighted by molar-refractivity contribution is 5.70. The van der Waals surface area contributed by atoms with E-state index in [1.54, 1.807) is 0 Å². The first-order valence-corrected chi connectivity index (χ1v) is 38.1. The maximum Gasteiger partial charge on any atom is 0.306 e. The summed E-state index contributed by atoms with van der Waals surface area (Å²) in [7, 11) is 0. The summed E-state index contributed by atoms with van der Waals surface area (Å²) in [5, 5.41) is 9.72. The van der Waals surface area contributed by atoms with Gasteiger partial charge in [0.1, 0.15) is 6.61 Å². The zero-order valence-electron chi connectivity index (χ0n) is 58.2. The van der Waals surface area contributed by atoms with E-state index in [4.69, 9.17) is 9.47 Å². The van der Waals surface area contributed by atoms with Crippen LogP contribution in [0, 0.1) is 0 Å². The van der Waals surface area contributed by atoms with Gasteiger partial charge in [0.05, 0.1) is 6.61 Å². The van der Waals surface area contributed by atoms with Gasteiger partial charge in [-0.15, -0.1) is 0 Å². The fourth-order valence-electron chi connectivity index (χ4n) is 11.1. The maximum atomic E-state index is 12.4. The first-order valence-electron chi connectivity index (χ1n) is 38.1. The van der Waals surface area contributed by atoms with Crippen molar-refractivity contribution in [2.75, 3.05) is 13.2 Å². The van der Waals surface area contributed by atoms with E-state index in [2.05, 4.69) is 135 Å². The van der Waals surface area contributed by atoms with E-state index >= 15 is 0 Å². The molecule has 0 aliphatic heterocycles. The molecule has 0 aromatic heterocycles. The smallest absolute Gasteiger partial charge is 0.306 e. The Morgan fingerprint density at radius 3 is 0.739 bits per heavy atom.